The van der Waals surface area contributed by atoms with Crippen LogP contribution in [0.5, 0.6) is 0 Å². The summed E-state index contributed by atoms with van der Waals surface area (Å²) in [4.78, 5) is 0. The van der Waals surface area contributed by atoms with E-state index in [0.29, 0.717) is 13.1 Å². The summed E-state index contributed by atoms with van der Waals surface area (Å²) in [5, 5.41) is 0. The van der Waals surface area contributed by atoms with Gasteiger partial charge in [-0.1, -0.05) is 67.1 Å². The maximum absolute atomic E-state index is 12.9. The minimum Gasteiger partial charge on any atom is -0.322 e. The van der Waals surface area contributed by atoms with Crippen LogP contribution < -0.4 is 10.5 Å². The Kier molecular flexibility index (Phi) is 5.86. The van der Waals surface area contributed by atoms with Crippen LogP contribution in [0, 0.1) is 0 Å². The van der Waals surface area contributed by atoms with Gasteiger partial charge in [-0.05, 0) is 24.0 Å². The highest BCUT2D eigenvalue weighted by Gasteiger charge is 2.30. The van der Waals surface area contributed by atoms with Gasteiger partial charge in [0.2, 0.25) is 0 Å². The number of benzene rings is 2. The SMILES string of the molecule is N[C@@H](c1ccccc1)[C@@H](NS(=O)(=O)N1CCCCC1)c1ccccc1. The maximum atomic E-state index is 12.9. The predicted octanol–water partition coefficient (Wildman–Crippen LogP) is 2.75. The second-order valence-corrected chi connectivity index (χ2v) is 8.11. The van der Waals surface area contributed by atoms with E-state index in [0.717, 1.165) is 30.4 Å². The molecule has 1 fully saturated rings. The summed E-state index contributed by atoms with van der Waals surface area (Å²) < 4.78 is 30.1. The fourth-order valence-electron chi connectivity index (χ4n) is 3.22. The molecule has 0 aromatic heterocycles. The van der Waals surface area contributed by atoms with Crippen molar-refractivity contribution in [2.24, 2.45) is 5.73 Å². The molecule has 1 aliphatic rings. The number of nitrogens with zero attached hydrogens (tertiary/aromatic N) is 1. The van der Waals surface area contributed by atoms with Gasteiger partial charge in [0.15, 0.2) is 0 Å². The van der Waals surface area contributed by atoms with Gasteiger partial charge in [-0.25, -0.2) is 0 Å². The monoisotopic (exact) mass is 359 g/mol. The van der Waals surface area contributed by atoms with Gasteiger partial charge in [0.1, 0.15) is 0 Å². The third-order valence-electron chi connectivity index (χ3n) is 4.63. The van der Waals surface area contributed by atoms with Gasteiger partial charge in [-0.3, -0.25) is 0 Å². The van der Waals surface area contributed by atoms with Crippen LogP contribution in [0.15, 0.2) is 60.7 Å². The lowest BCUT2D eigenvalue weighted by Crippen LogP contribution is -2.46. The van der Waals surface area contributed by atoms with Crippen molar-refractivity contribution < 1.29 is 8.42 Å². The molecule has 1 aliphatic heterocycles. The van der Waals surface area contributed by atoms with E-state index >= 15 is 0 Å². The molecule has 0 amide bonds. The molecule has 0 unspecified atom stereocenters. The van der Waals surface area contributed by atoms with Crippen molar-refractivity contribution in [2.45, 2.75) is 31.3 Å². The zero-order valence-electron chi connectivity index (χ0n) is 14.2. The van der Waals surface area contributed by atoms with Gasteiger partial charge in [0.05, 0.1) is 12.1 Å². The van der Waals surface area contributed by atoms with Crippen LogP contribution in [0.25, 0.3) is 0 Å². The lowest BCUT2D eigenvalue weighted by molar-refractivity contribution is 0.335. The molecule has 3 N–H and O–H groups in total. The van der Waals surface area contributed by atoms with Crippen LogP contribution in [0.3, 0.4) is 0 Å². The zero-order chi connectivity index (χ0) is 17.7. The van der Waals surface area contributed by atoms with Crippen molar-refractivity contribution in [2.75, 3.05) is 13.1 Å². The number of rotatable bonds is 6. The molecule has 5 nitrogen and oxygen atoms in total. The van der Waals surface area contributed by atoms with Crippen LogP contribution >= 0.6 is 0 Å². The first-order valence-electron chi connectivity index (χ1n) is 8.71. The van der Waals surface area contributed by atoms with Gasteiger partial charge in [-0.2, -0.15) is 17.4 Å². The topological polar surface area (TPSA) is 75.4 Å². The Balaban J connectivity index is 1.89. The van der Waals surface area contributed by atoms with Gasteiger partial charge in [0, 0.05) is 13.1 Å². The molecule has 0 aliphatic carbocycles. The highest BCUT2D eigenvalue weighted by Crippen LogP contribution is 2.28. The van der Waals surface area contributed by atoms with Crippen LogP contribution in [-0.2, 0) is 10.2 Å². The fraction of sp³-hybridized carbons (Fsp3) is 0.368. The third-order valence-corrected chi connectivity index (χ3v) is 6.23. The number of hydrogen-bond acceptors (Lipinski definition) is 3. The molecule has 6 heteroatoms. The first-order chi connectivity index (χ1) is 12.1. The number of piperidine rings is 1. The van der Waals surface area contributed by atoms with Crippen molar-refractivity contribution in [3.63, 3.8) is 0 Å². The van der Waals surface area contributed by atoms with Gasteiger partial charge < -0.3 is 5.73 Å². The molecule has 2 atom stereocenters. The summed E-state index contributed by atoms with van der Waals surface area (Å²) in [6, 6.07) is 18.1. The van der Waals surface area contributed by atoms with Crippen molar-refractivity contribution in [3.05, 3.63) is 71.8 Å². The molecule has 1 saturated heterocycles. The molecule has 134 valence electrons. The Bertz CT molecular complexity index is 760. The lowest BCUT2D eigenvalue weighted by Gasteiger charge is -2.31. The Morgan fingerprint density at radius 2 is 1.36 bits per heavy atom. The normalized spacial score (nSPS) is 18.6. The van der Waals surface area contributed by atoms with E-state index in [1.165, 1.54) is 4.31 Å². The van der Waals surface area contributed by atoms with Crippen molar-refractivity contribution in [1.82, 2.24) is 9.03 Å². The summed E-state index contributed by atoms with van der Waals surface area (Å²) in [5.74, 6) is 0. The summed E-state index contributed by atoms with van der Waals surface area (Å²) in [6.07, 6.45) is 2.89. The smallest absolute Gasteiger partial charge is 0.280 e. The van der Waals surface area contributed by atoms with E-state index in [2.05, 4.69) is 4.72 Å². The molecule has 25 heavy (non-hydrogen) atoms. The predicted molar refractivity (Wildman–Crippen MR) is 100 cm³/mol. The summed E-state index contributed by atoms with van der Waals surface area (Å²) in [6.45, 7) is 1.13. The number of nitrogens with one attached hydrogen (secondary N) is 1. The van der Waals surface area contributed by atoms with Crippen molar-refractivity contribution in [1.29, 1.82) is 0 Å². The van der Waals surface area contributed by atoms with Crippen LogP contribution in [-0.4, -0.2) is 25.8 Å². The molecule has 0 radical (unpaired) electrons. The minimum atomic E-state index is -3.58. The number of nitrogens with two attached hydrogens (primary N) is 1. The van der Waals surface area contributed by atoms with Crippen molar-refractivity contribution in [3.8, 4) is 0 Å². The Labute approximate surface area is 150 Å². The molecule has 0 saturated carbocycles. The largest absolute Gasteiger partial charge is 0.322 e. The molecular formula is C19H25N3O2S. The van der Waals surface area contributed by atoms with E-state index < -0.39 is 22.3 Å². The van der Waals surface area contributed by atoms with Gasteiger partial charge >= 0.3 is 0 Å². The van der Waals surface area contributed by atoms with E-state index in [-0.39, 0.29) is 0 Å². The first kappa shape index (κ1) is 18.1. The fourth-order valence-corrected chi connectivity index (χ4v) is 4.71. The average molecular weight is 359 g/mol. The standard InChI is InChI=1S/C19H25N3O2S/c20-18(16-10-4-1-5-11-16)19(17-12-6-2-7-13-17)21-25(23,24)22-14-8-3-9-15-22/h1-2,4-7,10-13,18-19,21H,3,8-9,14-15,20H2/t18-,19-/m0/s1. The quantitative estimate of drug-likeness (QED) is 0.833. The lowest BCUT2D eigenvalue weighted by atomic mass is 9.95. The molecule has 0 spiro atoms. The van der Waals surface area contributed by atoms with Gasteiger partial charge in [-0.15, -0.1) is 0 Å². The average Bonchev–Trinajstić information content (AvgIpc) is 2.68. The Morgan fingerprint density at radius 1 is 0.840 bits per heavy atom. The Morgan fingerprint density at radius 3 is 1.92 bits per heavy atom. The van der Waals surface area contributed by atoms with E-state index in [1.54, 1.807) is 0 Å². The second-order valence-electron chi connectivity index (χ2n) is 6.41. The van der Waals surface area contributed by atoms with E-state index in [4.69, 9.17) is 5.73 Å². The molecular weight excluding hydrogens is 334 g/mol. The highest BCUT2D eigenvalue weighted by atomic mass is 32.2. The van der Waals surface area contributed by atoms with Crippen molar-refractivity contribution >= 4 is 10.2 Å². The van der Waals surface area contributed by atoms with Gasteiger partial charge in [0.25, 0.3) is 10.2 Å². The summed E-state index contributed by atoms with van der Waals surface area (Å²) >= 11 is 0. The molecule has 3 rings (SSSR count). The number of hydrogen-bond donors (Lipinski definition) is 2. The summed E-state index contributed by atoms with van der Waals surface area (Å²) in [7, 11) is -3.58. The summed E-state index contributed by atoms with van der Waals surface area (Å²) in [5.41, 5.74) is 8.22. The second kappa shape index (κ2) is 8.10. The minimum absolute atomic E-state index is 0.469. The van der Waals surface area contributed by atoms with Crippen LogP contribution in [0.4, 0.5) is 0 Å². The van der Waals surface area contributed by atoms with Crippen LogP contribution in [0.1, 0.15) is 42.5 Å². The molecule has 0 bridgehead atoms. The Hall–Kier alpha value is -1.73. The molecule has 1 heterocycles. The van der Waals surface area contributed by atoms with E-state index in [1.807, 2.05) is 60.7 Å². The zero-order valence-corrected chi connectivity index (χ0v) is 15.0. The first-order valence-corrected chi connectivity index (χ1v) is 10.1. The van der Waals surface area contributed by atoms with E-state index in [9.17, 15) is 8.42 Å². The third kappa shape index (κ3) is 4.46. The molecule has 2 aromatic carbocycles. The van der Waals surface area contributed by atoms with Crippen LogP contribution in [0.2, 0.25) is 0 Å². The molecule has 2 aromatic rings. The highest BCUT2D eigenvalue weighted by molar-refractivity contribution is 7.87. The maximum Gasteiger partial charge on any atom is 0.280 e.